The summed E-state index contributed by atoms with van der Waals surface area (Å²) < 4.78 is 0. The molecule has 4 heteroatoms. The first-order valence-corrected chi connectivity index (χ1v) is 9.70. The zero-order valence-electron chi connectivity index (χ0n) is 15.6. The van der Waals surface area contributed by atoms with Gasteiger partial charge in [-0.3, -0.25) is 4.98 Å². The quantitative estimate of drug-likeness (QED) is 0.546. The van der Waals surface area contributed by atoms with E-state index in [9.17, 15) is 0 Å². The molecule has 1 saturated carbocycles. The lowest BCUT2D eigenvalue weighted by Crippen LogP contribution is -2.43. The maximum absolute atomic E-state index is 6.44. The molecule has 3 nitrogen and oxygen atoms in total. The van der Waals surface area contributed by atoms with Crippen molar-refractivity contribution in [1.29, 1.82) is 0 Å². The summed E-state index contributed by atoms with van der Waals surface area (Å²) in [5.41, 5.74) is 12.7. The van der Waals surface area contributed by atoms with Gasteiger partial charge in [-0.25, -0.2) is 0 Å². The van der Waals surface area contributed by atoms with Crippen molar-refractivity contribution in [2.45, 2.75) is 31.7 Å². The summed E-state index contributed by atoms with van der Waals surface area (Å²) >= 11 is 6.41. The van der Waals surface area contributed by atoms with Gasteiger partial charge >= 0.3 is 0 Å². The Hall–Kier alpha value is -2.36. The zero-order chi connectivity index (χ0) is 19.0. The standard InChI is InChI=1S/C23H24ClN3/c1-15(2)13-27-22-19-12-17(6-9-21(19)26-14-20(22)24)16-4-7-18(8-5-16)23(25)10-3-11-23/h4-9,12,14H,1,3,10-11,13,25H2,2H3,(H,26,27). The first-order chi connectivity index (χ1) is 13.0. The molecule has 0 saturated heterocycles. The number of nitrogens with one attached hydrogen (secondary N) is 1. The molecule has 0 aliphatic heterocycles. The highest BCUT2D eigenvalue weighted by molar-refractivity contribution is 6.34. The Morgan fingerprint density at radius 3 is 2.52 bits per heavy atom. The highest BCUT2D eigenvalue weighted by Crippen LogP contribution is 2.39. The Bertz CT molecular complexity index is 1000. The fourth-order valence-electron chi connectivity index (χ4n) is 3.61. The average Bonchev–Trinajstić information content (AvgIpc) is 2.65. The number of rotatable bonds is 5. The van der Waals surface area contributed by atoms with Crippen LogP contribution < -0.4 is 11.1 Å². The van der Waals surface area contributed by atoms with Crippen molar-refractivity contribution in [3.8, 4) is 11.1 Å². The van der Waals surface area contributed by atoms with E-state index in [2.05, 4.69) is 53.3 Å². The van der Waals surface area contributed by atoms with Crippen molar-refractivity contribution >= 4 is 28.2 Å². The molecule has 3 aromatic rings. The maximum Gasteiger partial charge on any atom is 0.0827 e. The van der Waals surface area contributed by atoms with Crippen LogP contribution in [0.1, 0.15) is 31.7 Å². The normalized spacial score (nSPS) is 15.4. The van der Waals surface area contributed by atoms with E-state index in [1.54, 1.807) is 6.20 Å². The van der Waals surface area contributed by atoms with Crippen LogP contribution in [0.2, 0.25) is 5.02 Å². The lowest BCUT2D eigenvalue weighted by molar-refractivity contribution is 0.253. The third-order valence-corrected chi connectivity index (χ3v) is 5.71. The minimum Gasteiger partial charge on any atom is -0.380 e. The number of anilines is 1. The van der Waals surface area contributed by atoms with E-state index in [1.807, 2.05) is 13.0 Å². The van der Waals surface area contributed by atoms with E-state index in [4.69, 9.17) is 17.3 Å². The molecule has 0 bridgehead atoms. The molecule has 2 aromatic carbocycles. The monoisotopic (exact) mass is 377 g/mol. The number of fused-ring (bicyclic) bond motifs is 1. The van der Waals surface area contributed by atoms with Gasteiger partial charge in [0, 0.05) is 23.7 Å². The maximum atomic E-state index is 6.44. The highest BCUT2D eigenvalue weighted by Gasteiger charge is 2.34. The van der Waals surface area contributed by atoms with E-state index in [0.717, 1.165) is 46.1 Å². The van der Waals surface area contributed by atoms with Crippen LogP contribution in [0.15, 0.2) is 60.8 Å². The molecule has 1 heterocycles. The summed E-state index contributed by atoms with van der Waals surface area (Å²) in [4.78, 5) is 4.46. The van der Waals surface area contributed by atoms with Crippen molar-refractivity contribution < 1.29 is 0 Å². The fraction of sp³-hybridized carbons (Fsp3) is 0.261. The molecule has 4 rings (SSSR count). The van der Waals surface area contributed by atoms with Crippen LogP contribution in [0.4, 0.5) is 5.69 Å². The number of pyridine rings is 1. The minimum atomic E-state index is -0.126. The number of benzene rings is 2. The Morgan fingerprint density at radius 2 is 1.89 bits per heavy atom. The molecule has 138 valence electrons. The summed E-state index contributed by atoms with van der Waals surface area (Å²) in [6.07, 6.45) is 5.06. The number of hydrogen-bond donors (Lipinski definition) is 2. The van der Waals surface area contributed by atoms with Crippen molar-refractivity contribution in [1.82, 2.24) is 4.98 Å². The van der Waals surface area contributed by atoms with E-state index >= 15 is 0 Å². The van der Waals surface area contributed by atoms with E-state index in [0.29, 0.717) is 11.6 Å². The van der Waals surface area contributed by atoms with Gasteiger partial charge < -0.3 is 11.1 Å². The number of hydrogen-bond acceptors (Lipinski definition) is 3. The number of aromatic nitrogens is 1. The van der Waals surface area contributed by atoms with Crippen LogP contribution in [0.3, 0.4) is 0 Å². The average molecular weight is 378 g/mol. The second kappa shape index (κ2) is 6.99. The van der Waals surface area contributed by atoms with Crippen molar-refractivity contribution in [2.75, 3.05) is 11.9 Å². The van der Waals surface area contributed by atoms with Crippen LogP contribution in [0, 0.1) is 0 Å². The summed E-state index contributed by atoms with van der Waals surface area (Å²) in [6.45, 7) is 6.62. The van der Waals surface area contributed by atoms with Gasteiger partial charge in [-0.05, 0) is 55.0 Å². The van der Waals surface area contributed by atoms with Crippen LogP contribution in [-0.2, 0) is 5.54 Å². The molecule has 0 spiro atoms. The molecule has 0 unspecified atom stereocenters. The lowest BCUT2D eigenvalue weighted by Gasteiger charge is -2.38. The third-order valence-electron chi connectivity index (χ3n) is 5.43. The first kappa shape index (κ1) is 18.0. The van der Waals surface area contributed by atoms with Crippen molar-refractivity contribution in [2.24, 2.45) is 5.73 Å². The predicted molar refractivity (Wildman–Crippen MR) is 115 cm³/mol. The molecular weight excluding hydrogens is 354 g/mol. The molecule has 1 aliphatic rings. The van der Waals surface area contributed by atoms with Crippen LogP contribution in [-0.4, -0.2) is 11.5 Å². The lowest BCUT2D eigenvalue weighted by atomic mass is 9.72. The van der Waals surface area contributed by atoms with Crippen LogP contribution >= 0.6 is 11.6 Å². The molecule has 0 radical (unpaired) electrons. The largest absolute Gasteiger partial charge is 0.380 e. The summed E-state index contributed by atoms with van der Waals surface area (Å²) in [7, 11) is 0. The fourth-order valence-corrected chi connectivity index (χ4v) is 3.83. The van der Waals surface area contributed by atoms with E-state index in [1.165, 1.54) is 12.0 Å². The van der Waals surface area contributed by atoms with E-state index in [-0.39, 0.29) is 5.54 Å². The van der Waals surface area contributed by atoms with Gasteiger partial charge in [-0.15, -0.1) is 0 Å². The van der Waals surface area contributed by atoms with Crippen molar-refractivity contribution in [3.63, 3.8) is 0 Å². The summed E-state index contributed by atoms with van der Waals surface area (Å²) in [5.74, 6) is 0. The molecule has 1 aliphatic carbocycles. The molecule has 0 amide bonds. The molecule has 0 atom stereocenters. The number of halogens is 1. The molecule has 27 heavy (non-hydrogen) atoms. The SMILES string of the molecule is C=C(C)CNc1c(Cl)cnc2ccc(-c3ccc(C4(N)CCC4)cc3)cc12. The van der Waals surface area contributed by atoms with E-state index < -0.39 is 0 Å². The molecule has 3 N–H and O–H groups in total. The summed E-state index contributed by atoms with van der Waals surface area (Å²) in [6, 6.07) is 14.9. The Balaban J connectivity index is 1.72. The second-order valence-electron chi connectivity index (χ2n) is 7.61. The van der Waals surface area contributed by atoms with Gasteiger partial charge in [0.1, 0.15) is 0 Å². The van der Waals surface area contributed by atoms with Crippen LogP contribution in [0.25, 0.3) is 22.0 Å². The Morgan fingerprint density at radius 1 is 1.19 bits per heavy atom. The second-order valence-corrected chi connectivity index (χ2v) is 8.02. The van der Waals surface area contributed by atoms with Gasteiger partial charge in [0.25, 0.3) is 0 Å². The highest BCUT2D eigenvalue weighted by atomic mass is 35.5. The minimum absolute atomic E-state index is 0.126. The van der Waals surface area contributed by atoms with Gasteiger partial charge in [0.15, 0.2) is 0 Å². The van der Waals surface area contributed by atoms with Crippen LogP contribution in [0.5, 0.6) is 0 Å². The predicted octanol–water partition coefficient (Wildman–Crippen LogP) is 5.88. The molecule has 1 fully saturated rings. The van der Waals surface area contributed by atoms with Gasteiger partial charge in [-0.2, -0.15) is 0 Å². The first-order valence-electron chi connectivity index (χ1n) is 9.33. The summed E-state index contributed by atoms with van der Waals surface area (Å²) in [5, 5.41) is 5.02. The van der Waals surface area contributed by atoms with Gasteiger partial charge in [0.2, 0.25) is 0 Å². The Labute approximate surface area is 165 Å². The van der Waals surface area contributed by atoms with Gasteiger partial charge in [0.05, 0.1) is 16.2 Å². The Kier molecular flexibility index (Phi) is 4.67. The number of nitrogens with zero attached hydrogens (tertiary/aromatic N) is 1. The number of nitrogens with two attached hydrogens (primary N) is 1. The smallest absolute Gasteiger partial charge is 0.0827 e. The zero-order valence-corrected chi connectivity index (χ0v) is 16.3. The molecule has 1 aromatic heterocycles. The van der Waals surface area contributed by atoms with Crippen molar-refractivity contribution in [3.05, 3.63) is 71.4 Å². The third kappa shape index (κ3) is 3.45. The van der Waals surface area contributed by atoms with Gasteiger partial charge in [-0.1, -0.05) is 54.1 Å². The molecular formula is C23H24ClN3. The topological polar surface area (TPSA) is 50.9 Å².